The first-order chi connectivity index (χ1) is 10.4. The second-order valence-electron chi connectivity index (χ2n) is 5.12. The molecule has 0 radical (unpaired) electrons. The van der Waals surface area contributed by atoms with Crippen molar-refractivity contribution in [2.24, 2.45) is 0 Å². The SMILES string of the molecule is c1cc(NCc2c[nH]c3ccccc23)c2ccncc2c1. The number of H-pyrrole nitrogens is 1. The number of rotatable bonds is 3. The highest BCUT2D eigenvalue weighted by molar-refractivity contribution is 5.93. The van der Waals surface area contributed by atoms with Gasteiger partial charge in [-0.3, -0.25) is 4.98 Å². The summed E-state index contributed by atoms with van der Waals surface area (Å²) >= 11 is 0. The van der Waals surface area contributed by atoms with E-state index in [9.17, 15) is 0 Å². The van der Waals surface area contributed by atoms with Crippen LogP contribution in [0.15, 0.2) is 67.1 Å². The maximum atomic E-state index is 4.17. The van der Waals surface area contributed by atoms with E-state index in [0.29, 0.717) is 0 Å². The molecule has 3 nitrogen and oxygen atoms in total. The predicted molar refractivity (Wildman–Crippen MR) is 87.4 cm³/mol. The third-order valence-electron chi connectivity index (χ3n) is 3.82. The van der Waals surface area contributed by atoms with E-state index in [1.54, 1.807) is 0 Å². The predicted octanol–water partition coefficient (Wildman–Crippen LogP) is 4.33. The van der Waals surface area contributed by atoms with E-state index in [1.165, 1.54) is 21.9 Å². The van der Waals surface area contributed by atoms with Crippen LogP contribution in [0.25, 0.3) is 21.7 Å². The number of para-hydroxylation sites is 1. The Hall–Kier alpha value is -2.81. The molecule has 2 heterocycles. The molecule has 2 aromatic carbocycles. The number of nitrogens with one attached hydrogen (secondary N) is 2. The highest BCUT2D eigenvalue weighted by Crippen LogP contribution is 2.24. The van der Waals surface area contributed by atoms with Crippen LogP contribution in [0.3, 0.4) is 0 Å². The molecule has 0 atom stereocenters. The second-order valence-corrected chi connectivity index (χ2v) is 5.12. The van der Waals surface area contributed by atoms with Crippen LogP contribution in [-0.4, -0.2) is 9.97 Å². The molecule has 0 unspecified atom stereocenters. The number of hydrogen-bond donors (Lipinski definition) is 2. The highest BCUT2D eigenvalue weighted by Gasteiger charge is 2.04. The van der Waals surface area contributed by atoms with Crippen molar-refractivity contribution in [1.29, 1.82) is 0 Å². The van der Waals surface area contributed by atoms with Crippen molar-refractivity contribution in [1.82, 2.24) is 9.97 Å². The molecule has 2 N–H and O–H groups in total. The lowest BCUT2D eigenvalue weighted by molar-refractivity contribution is 1.17. The lowest BCUT2D eigenvalue weighted by Gasteiger charge is -2.09. The molecule has 0 saturated carbocycles. The summed E-state index contributed by atoms with van der Waals surface area (Å²) in [5, 5.41) is 7.16. The Balaban J connectivity index is 1.67. The van der Waals surface area contributed by atoms with Gasteiger partial charge in [0.25, 0.3) is 0 Å². The largest absolute Gasteiger partial charge is 0.380 e. The second kappa shape index (κ2) is 4.94. The summed E-state index contributed by atoms with van der Waals surface area (Å²) in [4.78, 5) is 7.48. The van der Waals surface area contributed by atoms with Crippen molar-refractivity contribution in [3.05, 3.63) is 72.7 Å². The lowest BCUT2D eigenvalue weighted by atomic mass is 10.1. The molecule has 0 aliphatic carbocycles. The average molecular weight is 273 g/mol. The zero-order valence-electron chi connectivity index (χ0n) is 11.5. The molecule has 102 valence electrons. The van der Waals surface area contributed by atoms with Gasteiger partial charge in [0.2, 0.25) is 0 Å². The smallest absolute Gasteiger partial charge is 0.0457 e. The van der Waals surface area contributed by atoms with Crippen LogP contribution in [0, 0.1) is 0 Å². The summed E-state index contributed by atoms with van der Waals surface area (Å²) in [6.07, 6.45) is 5.80. The Bertz CT molecular complexity index is 903. The van der Waals surface area contributed by atoms with E-state index in [1.807, 2.05) is 24.5 Å². The highest BCUT2D eigenvalue weighted by atomic mass is 14.9. The minimum Gasteiger partial charge on any atom is -0.380 e. The third kappa shape index (κ3) is 2.13. The summed E-state index contributed by atoms with van der Waals surface area (Å²) in [6, 6.07) is 16.7. The number of aromatic nitrogens is 2. The van der Waals surface area contributed by atoms with Crippen molar-refractivity contribution < 1.29 is 0 Å². The normalized spacial score (nSPS) is 11.0. The van der Waals surface area contributed by atoms with Crippen LogP contribution in [-0.2, 0) is 6.54 Å². The average Bonchev–Trinajstić information content (AvgIpc) is 2.96. The quantitative estimate of drug-likeness (QED) is 0.583. The van der Waals surface area contributed by atoms with E-state index < -0.39 is 0 Å². The van der Waals surface area contributed by atoms with Gasteiger partial charge >= 0.3 is 0 Å². The zero-order chi connectivity index (χ0) is 14.1. The van der Waals surface area contributed by atoms with Gasteiger partial charge in [-0.25, -0.2) is 0 Å². The minimum absolute atomic E-state index is 0.797. The van der Waals surface area contributed by atoms with Gasteiger partial charge in [0.1, 0.15) is 0 Å². The van der Waals surface area contributed by atoms with Gasteiger partial charge in [-0.15, -0.1) is 0 Å². The van der Waals surface area contributed by atoms with Crippen molar-refractivity contribution in [2.45, 2.75) is 6.54 Å². The van der Waals surface area contributed by atoms with E-state index in [2.05, 4.69) is 57.9 Å². The van der Waals surface area contributed by atoms with Crippen LogP contribution < -0.4 is 5.32 Å². The summed E-state index contributed by atoms with van der Waals surface area (Å²) in [5.74, 6) is 0. The molecular formula is C18H15N3. The molecule has 0 spiro atoms. The Morgan fingerprint density at radius 3 is 2.90 bits per heavy atom. The summed E-state index contributed by atoms with van der Waals surface area (Å²) in [5.41, 5.74) is 3.59. The first-order valence-electron chi connectivity index (χ1n) is 7.03. The van der Waals surface area contributed by atoms with Crippen LogP contribution in [0.2, 0.25) is 0 Å². The van der Waals surface area contributed by atoms with Gasteiger partial charge in [-0.05, 0) is 23.8 Å². The monoisotopic (exact) mass is 273 g/mol. The molecule has 2 aromatic heterocycles. The van der Waals surface area contributed by atoms with Gasteiger partial charge in [-0.2, -0.15) is 0 Å². The molecule has 4 aromatic rings. The van der Waals surface area contributed by atoms with Crippen LogP contribution in [0.4, 0.5) is 5.69 Å². The van der Waals surface area contributed by atoms with Crippen molar-refractivity contribution in [2.75, 3.05) is 5.32 Å². The number of pyridine rings is 1. The summed E-state index contributed by atoms with van der Waals surface area (Å²) < 4.78 is 0. The summed E-state index contributed by atoms with van der Waals surface area (Å²) in [7, 11) is 0. The number of aromatic amines is 1. The van der Waals surface area contributed by atoms with Crippen LogP contribution in [0.1, 0.15) is 5.56 Å². The third-order valence-corrected chi connectivity index (χ3v) is 3.82. The van der Waals surface area contributed by atoms with Crippen molar-refractivity contribution >= 4 is 27.4 Å². The van der Waals surface area contributed by atoms with E-state index in [-0.39, 0.29) is 0 Å². The molecule has 0 aliphatic rings. The van der Waals surface area contributed by atoms with Gasteiger partial charge in [-0.1, -0.05) is 30.3 Å². The first kappa shape index (κ1) is 12.0. The Labute approximate surface area is 122 Å². The molecule has 21 heavy (non-hydrogen) atoms. The van der Waals surface area contributed by atoms with E-state index in [0.717, 1.165) is 17.6 Å². The molecule has 4 rings (SSSR count). The topological polar surface area (TPSA) is 40.7 Å². The standard InChI is InChI=1S/C18H15N3/c1-2-6-17-15(5-1)14(11-20-17)12-21-18-7-3-4-13-10-19-9-8-16(13)18/h1-11,20-21H,12H2. The molecule has 0 fully saturated rings. The van der Waals surface area contributed by atoms with Crippen molar-refractivity contribution in [3.63, 3.8) is 0 Å². The molecule has 3 heteroatoms. The maximum absolute atomic E-state index is 4.17. The fourth-order valence-corrected chi connectivity index (χ4v) is 2.75. The van der Waals surface area contributed by atoms with Gasteiger partial charge in [0.05, 0.1) is 0 Å². The molecule has 0 amide bonds. The first-order valence-corrected chi connectivity index (χ1v) is 7.03. The fourth-order valence-electron chi connectivity index (χ4n) is 2.75. The molecule has 0 bridgehead atoms. The number of anilines is 1. The Morgan fingerprint density at radius 1 is 0.952 bits per heavy atom. The van der Waals surface area contributed by atoms with Gasteiger partial charge in [0, 0.05) is 52.5 Å². The lowest BCUT2D eigenvalue weighted by Crippen LogP contribution is -1.99. The number of fused-ring (bicyclic) bond motifs is 2. The van der Waals surface area contributed by atoms with E-state index >= 15 is 0 Å². The van der Waals surface area contributed by atoms with E-state index in [4.69, 9.17) is 0 Å². The Kier molecular flexibility index (Phi) is 2.82. The zero-order valence-corrected chi connectivity index (χ0v) is 11.5. The molecule has 0 saturated heterocycles. The van der Waals surface area contributed by atoms with Gasteiger partial charge < -0.3 is 10.3 Å². The summed E-state index contributed by atoms with van der Waals surface area (Å²) in [6.45, 7) is 0.797. The number of hydrogen-bond acceptors (Lipinski definition) is 2. The molecular weight excluding hydrogens is 258 g/mol. The van der Waals surface area contributed by atoms with Crippen LogP contribution in [0.5, 0.6) is 0 Å². The maximum Gasteiger partial charge on any atom is 0.0457 e. The van der Waals surface area contributed by atoms with Crippen molar-refractivity contribution in [3.8, 4) is 0 Å². The van der Waals surface area contributed by atoms with Crippen LogP contribution >= 0.6 is 0 Å². The number of nitrogens with zero attached hydrogens (tertiary/aromatic N) is 1. The molecule has 0 aliphatic heterocycles. The van der Waals surface area contributed by atoms with Gasteiger partial charge in [0.15, 0.2) is 0 Å². The Morgan fingerprint density at radius 2 is 1.90 bits per heavy atom. The fraction of sp³-hybridized carbons (Fsp3) is 0.0556. The number of benzene rings is 2. The minimum atomic E-state index is 0.797.